The van der Waals surface area contributed by atoms with Crippen LogP contribution >= 0.6 is 0 Å². The van der Waals surface area contributed by atoms with Gasteiger partial charge in [-0.3, -0.25) is 15.1 Å². The van der Waals surface area contributed by atoms with Crippen molar-refractivity contribution >= 4 is 5.91 Å². The first-order valence-electron chi connectivity index (χ1n) is 6.46. The second kappa shape index (κ2) is 5.15. The zero-order chi connectivity index (χ0) is 11.4. The van der Waals surface area contributed by atoms with Gasteiger partial charge < -0.3 is 0 Å². The van der Waals surface area contributed by atoms with E-state index in [1.165, 1.54) is 44.9 Å². The first-order valence-corrected chi connectivity index (χ1v) is 6.46. The van der Waals surface area contributed by atoms with Crippen LogP contribution in [0.5, 0.6) is 0 Å². The summed E-state index contributed by atoms with van der Waals surface area (Å²) in [4.78, 5) is 13.4. The van der Waals surface area contributed by atoms with Gasteiger partial charge in [-0.15, -0.1) is 0 Å². The Kier molecular flexibility index (Phi) is 3.82. The summed E-state index contributed by atoms with van der Waals surface area (Å²) in [7, 11) is 0. The number of piperidine rings is 1. The quantitative estimate of drug-likeness (QED) is 0.419. The van der Waals surface area contributed by atoms with E-state index in [1.807, 2.05) is 0 Å². The van der Waals surface area contributed by atoms with Crippen molar-refractivity contribution in [3.05, 3.63) is 0 Å². The van der Waals surface area contributed by atoms with Gasteiger partial charge in [-0.05, 0) is 44.2 Å². The van der Waals surface area contributed by atoms with Crippen molar-refractivity contribution < 1.29 is 4.79 Å². The molecule has 2 rings (SSSR count). The second-order valence-corrected chi connectivity index (χ2v) is 5.40. The zero-order valence-electron chi connectivity index (χ0n) is 10.0. The minimum absolute atomic E-state index is 0.0698. The average molecular weight is 225 g/mol. The lowest BCUT2D eigenvalue weighted by Gasteiger charge is -2.44. The molecule has 1 saturated carbocycles. The van der Waals surface area contributed by atoms with Gasteiger partial charge in [0, 0.05) is 0 Å². The monoisotopic (exact) mass is 225 g/mol. The highest BCUT2D eigenvalue weighted by Gasteiger charge is 2.35. The Balaban J connectivity index is 1.79. The summed E-state index contributed by atoms with van der Waals surface area (Å²) in [6.45, 7) is 2.59. The Labute approximate surface area is 97.5 Å². The Bertz CT molecular complexity index is 239. The van der Waals surface area contributed by atoms with Crippen LogP contribution in [0.3, 0.4) is 0 Å². The van der Waals surface area contributed by atoms with E-state index < -0.39 is 0 Å². The number of nitrogens with two attached hydrogens (primary N) is 1. The number of hydrogen-bond acceptors (Lipinski definition) is 3. The van der Waals surface area contributed by atoms with Crippen molar-refractivity contribution in [2.75, 3.05) is 19.6 Å². The maximum Gasteiger partial charge on any atom is 0.248 e. The predicted molar refractivity (Wildman–Crippen MR) is 63.5 cm³/mol. The molecular formula is C12H23N3O. The molecule has 1 amide bonds. The number of likely N-dealkylation sites (tertiary alicyclic amines) is 1. The van der Waals surface area contributed by atoms with E-state index >= 15 is 0 Å². The fraction of sp³-hybridized carbons (Fsp3) is 0.917. The number of nitrogens with zero attached hydrogens (tertiary/aromatic N) is 1. The molecule has 0 unspecified atom stereocenters. The van der Waals surface area contributed by atoms with Gasteiger partial charge in [0.15, 0.2) is 0 Å². The molecule has 1 aliphatic carbocycles. The molecule has 0 bridgehead atoms. The lowest BCUT2D eigenvalue weighted by Crippen LogP contribution is -2.46. The summed E-state index contributed by atoms with van der Waals surface area (Å²) in [5, 5.41) is 0. The van der Waals surface area contributed by atoms with Gasteiger partial charge in [0.2, 0.25) is 5.91 Å². The fourth-order valence-corrected chi connectivity index (χ4v) is 3.24. The normalized spacial score (nSPS) is 25.6. The molecule has 2 aliphatic rings. The molecule has 0 atom stereocenters. The number of hydrogen-bond donors (Lipinski definition) is 2. The van der Waals surface area contributed by atoms with Gasteiger partial charge in [-0.2, -0.15) is 0 Å². The summed E-state index contributed by atoms with van der Waals surface area (Å²) >= 11 is 0. The lowest BCUT2D eigenvalue weighted by molar-refractivity contribution is -0.123. The fourth-order valence-electron chi connectivity index (χ4n) is 3.24. The van der Waals surface area contributed by atoms with Crippen LogP contribution in [0.15, 0.2) is 0 Å². The standard InChI is InChI=1S/C12H23N3O/c13-14-11(16)10-15-8-6-12(7-9-15)4-2-1-3-5-12/h1-10,13H2,(H,14,16). The molecule has 1 aliphatic heterocycles. The Morgan fingerprint density at radius 3 is 2.31 bits per heavy atom. The highest BCUT2D eigenvalue weighted by atomic mass is 16.2. The molecule has 4 heteroatoms. The highest BCUT2D eigenvalue weighted by Crippen LogP contribution is 2.44. The van der Waals surface area contributed by atoms with Gasteiger partial charge >= 0.3 is 0 Å². The minimum Gasteiger partial charge on any atom is -0.294 e. The van der Waals surface area contributed by atoms with Gasteiger partial charge in [-0.25, -0.2) is 5.84 Å². The number of hydrazine groups is 1. The van der Waals surface area contributed by atoms with Crippen LogP contribution < -0.4 is 11.3 Å². The molecule has 0 radical (unpaired) electrons. The maximum atomic E-state index is 11.2. The molecule has 16 heavy (non-hydrogen) atoms. The van der Waals surface area contributed by atoms with Crippen molar-refractivity contribution in [1.82, 2.24) is 10.3 Å². The van der Waals surface area contributed by atoms with E-state index in [9.17, 15) is 4.79 Å². The summed E-state index contributed by atoms with van der Waals surface area (Å²) in [6.07, 6.45) is 9.58. The molecule has 1 heterocycles. The van der Waals surface area contributed by atoms with E-state index in [-0.39, 0.29) is 5.91 Å². The average Bonchev–Trinajstić information content (AvgIpc) is 2.33. The summed E-state index contributed by atoms with van der Waals surface area (Å²) in [6, 6.07) is 0. The minimum atomic E-state index is -0.0698. The maximum absolute atomic E-state index is 11.2. The van der Waals surface area contributed by atoms with Gasteiger partial charge in [0.1, 0.15) is 0 Å². The molecule has 1 spiro atoms. The molecule has 3 N–H and O–H groups in total. The Morgan fingerprint density at radius 2 is 1.75 bits per heavy atom. The zero-order valence-corrected chi connectivity index (χ0v) is 10.0. The summed E-state index contributed by atoms with van der Waals surface area (Å²) < 4.78 is 0. The Hall–Kier alpha value is -0.610. The molecule has 1 saturated heterocycles. The topological polar surface area (TPSA) is 58.4 Å². The third-order valence-electron chi connectivity index (χ3n) is 4.36. The van der Waals surface area contributed by atoms with Crippen LogP contribution in [0.2, 0.25) is 0 Å². The van der Waals surface area contributed by atoms with Crippen LogP contribution in [0.1, 0.15) is 44.9 Å². The van der Waals surface area contributed by atoms with E-state index in [4.69, 9.17) is 5.84 Å². The van der Waals surface area contributed by atoms with Crippen LogP contribution in [0, 0.1) is 5.41 Å². The van der Waals surface area contributed by atoms with E-state index in [0.717, 1.165) is 13.1 Å². The van der Waals surface area contributed by atoms with Crippen LogP contribution in [-0.4, -0.2) is 30.4 Å². The first-order chi connectivity index (χ1) is 7.74. The Morgan fingerprint density at radius 1 is 1.12 bits per heavy atom. The molecule has 0 aromatic rings. The van der Waals surface area contributed by atoms with Crippen molar-refractivity contribution in [3.63, 3.8) is 0 Å². The smallest absolute Gasteiger partial charge is 0.248 e. The number of nitrogens with one attached hydrogen (secondary N) is 1. The molecule has 2 fully saturated rings. The largest absolute Gasteiger partial charge is 0.294 e. The number of carbonyl (C=O) groups is 1. The predicted octanol–water partition coefficient (Wildman–Crippen LogP) is 1.02. The molecule has 4 nitrogen and oxygen atoms in total. The van der Waals surface area contributed by atoms with Crippen LogP contribution in [-0.2, 0) is 4.79 Å². The molecular weight excluding hydrogens is 202 g/mol. The van der Waals surface area contributed by atoms with Crippen molar-refractivity contribution in [2.24, 2.45) is 11.3 Å². The third-order valence-corrected chi connectivity index (χ3v) is 4.36. The molecule has 0 aromatic carbocycles. The summed E-state index contributed by atoms with van der Waals surface area (Å²) in [5.41, 5.74) is 2.82. The SMILES string of the molecule is NNC(=O)CN1CCC2(CCCCC2)CC1. The number of amides is 1. The van der Waals surface area contributed by atoms with Crippen molar-refractivity contribution in [1.29, 1.82) is 0 Å². The van der Waals surface area contributed by atoms with Crippen LogP contribution in [0.25, 0.3) is 0 Å². The van der Waals surface area contributed by atoms with Gasteiger partial charge in [-0.1, -0.05) is 19.3 Å². The van der Waals surface area contributed by atoms with Crippen molar-refractivity contribution in [2.45, 2.75) is 44.9 Å². The highest BCUT2D eigenvalue weighted by molar-refractivity contribution is 5.77. The third kappa shape index (κ3) is 2.74. The van der Waals surface area contributed by atoms with Crippen molar-refractivity contribution in [3.8, 4) is 0 Å². The van der Waals surface area contributed by atoms with E-state index in [2.05, 4.69) is 10.3 Å². The van der Waals surface area contributed by atoms with E-state index in [0.29, 0.717) is 12.0 Å². The first kappa shape index (κ1) is 11.9. The lowest BCUT2D eigenvalue weighted by atomic mass is 9.68. The van der Waals surface area contributed by atoms with E-state index in [1.54, 1.807) is 0 Å². The molecule has 0 aromatic heterocycles. The molecule has 92 valence electrons. The van der Waals surface area contributed by atoms with Gasteiger partial charge in [0.25, 0.3) is 0 Å². The second-order valence-electron chi connectivity index (χ2n) is 5.40. The number of rotatable bonds is 2. The number of carbonyl (C=O) groups excluding carboxylic acids is 1. The van der Waals surface area contributed by atoms with Crippen LogP contribution in [0.4, 0.5) is 0 Å². The summed E-state index contributed by atoms with van der Waals surface area (Å²) in [5.74, 6) is 5.03. The van der Waals surface area contributed by atoms with Gasteiger partial charge in [0.05, 0.1) is 6.54 Å².